The van der Waals surface area contributed by atoms with Crippen molar-refractivity contribution in [2.24, 2.45) is 0 Å². The fourth-order valence-corrected chi connectivity index (χ4v) is 7.20. The molecule has 256 valence electrons. The molecule has 0 aliphatic carbocycles. The Morgan fingerprint density at radius 3 is 2.38 bits per heavy atom. The standard InChI is InChI=1S/C31H37Cl2N5O3S.C2H4O.C2H6/c1-19(14-29-20(2)30(21(3)37-29)31(40)35-11-13-38-12-10-22(16-38)34-4)24-15-23(8-9-28(24)36-18-39)42(41)17-25-26(32)6-5-7-27(25)33;1-2-3;1-2/h5-9,14-15,18,22,34,37H,10-13,16-17H2,1-4H3,(H,35,40)(H,36,39);2H,1H3;1-2H3/b19-14+;;. The van der Waals surface area contributed by atoms with Gasteiger partial charge in [0.25, 0.3) is 5.91 Å². The van der Waals surface area contributed by atoms with E-state index in [2.05, 4.69) is 25.8 Å². The van der Waals surface area contributed by atoms with Crippen LogP contribution in [0.5, 0.6) is 0 Å². The lowest BCUT2D eigenvalue weighted by atomic mass is 10.0. The molecule has 3 aromatic rings. The first-order valence-corrected chi connectivity index (χ1v) is 17.7. The van der Waals surface area contributed by atoms with Crippen molar-refractivity contribution < 1.29 is 18.6 Å². The Labute approximate surface area is 291 Å². The lowest BCUT2D eigenvalue weighted by molar-refractivity contribution is -0.106. The van der Waals surface area contributed by atoms with Crippen molar-refractivity contribution in [2.75, 3.05) is 38.5 Å². The monoisotopic (exact) mass is 703 g/mol. The summed E-state index contributed by atoms with van der Waals surface area (Å²) in [7, 11) is 0.546. The number of aromatic amines is 1. The highest BCUT2D eigenvalue weighted by molar-refractivity contribution is 7.84. The number of aryl methyl sites for hydroxylation is 1. The van der Waals surface area contributed by atoms with Gasteiger partial charge in [-0.3, -0.25) is 18.7 Å². The molecular weight excluding hydrogens is 657 g/mol. The second-order valence-electron chi connectivity index (χ2n) is 10.7. The Morgan fingerprint density at radius 1 is 1.13 bits per heavy atom. The van der Waals surface area contributed by atoms with Gasteiger partial charge in [-0.05, 0) is 95.3 Å². The van der Waals surface area contributed by atoms with Gasteiger partial charge in [-0.1, -0.05) is 43.1 Å². The number of rotatable bonds is 12. The number of nitrogens with zero attached hydrogens (tertiary/aromatic N) is 1. The number of hydrogen-bond acceptors (Lipinski definition) is 6. The molecule has 4 rings (SSSR count). The van der Waals surface area contributed by atoms with Crippen LogP contribution in [0, 0.1) is 13.8 Å². The number of H-pyrrole nitrogens is 1. The van der Waals surface area contributed by atoms with E-state index in [1.165, 1.54) is 6.92 Å². The van der Waals surface area contributed by atoms with Crippen molar-refractivity contribution in [2.45, 2.75) is 64.7 Å². The molecule has 0 saturated carbocycles. The van der Waals surface area contributed by atoms with Crippen molar-refractivity contribution in [1.29, 1.82) is 0 Å². The van der Waals surface area contributed by atoms with Crippen LogP contribution in [0.2, 0.25) is 10.0 Å². The lowest BCUT2D eigenvalue weighted by Crippen LogP contribution is -2.36. The minimum atomic E-state index is -1.44. The summed E-state index contributed by atoms with van der Waals surface area (Å²) in [6.07, 6.45) is 4.41. The zero-order chi connectivity index (χ0) is 35.1. The van der Waals surface area contributed by atoms with Crippen molar-refractivity contribution in [1.82, 2.24) is 20.5 Å². The number of aromatic nitrogens is 1. The van der Waals surface area contributed by atoms with Gasteiger partial charge < -0.3 is 25.7 Å². The highest BCUT2D eigenvalue weighted by Crippen LogP contribution is 2.32. The van der Waals surface area contributed by atoms with Gasteiger partial charge in [0, 0.05) is 68.8 Å². The van der Waals surface area contributed by atoms with Crippen LogP contribution in [0.3, 0.4) is 0 Å². The van der Waals surface area contributed by atoms with E-state index in [1.54, 1.807) is 36.4 Å². The van der Waals surface area contributed by atoms with Crippen LogP contribution in [0.4, 0.5) is 5.69 Å². The third-order valence-electron chi connectivity index (χ3n) is 7.69. The molecule has 9 nitrogen and oxygen atoms in total. The first-order valence-electron chi connectivity index (χ1n) is 15.6. The Kier molecular flexibility index (Phi) is 17.1. The summed E-state index contributed by atoms with van der Waals surface area (Å²) in [4.78, 5) is 39.5. The number of anilines is 1. The summed E-state index contributed by atoms with van der Waals surface area (Å²) in [5, 5.41) is 10.0. The second kappa shape index (κ2) is 20.2. The third-order valence-corrected chi connectivity index (χ3v) is 9.73. The fraction of sp³-hybridized carbons (Fsp3) is 0.400. The molecule has 2 atom stereocenters. The zero-order valence-electron chi connectivity index (χ0n) is 28.3. The normalized spacial score (nSPS) is 15.1. The minimum Gasteiger partial charge on any atom is -0.358 e. The second-order valence-corrected chi connectivity index (χ2v) is 13.0. The van der Waals surface area contributed by atoms with E-state index in [0.29, 0.717) is 56.3 Å². The Bertz CT molecular complexity index is 1550. The molecule has 2 heterocycles. The van der Waals surface area contributed by atoms with Gasteiger partial charge in [0.05, 0.1) is 22.1 Å². The Balaban J connectivity index is 0.00000145. The van der Waals surface area contributed by atoms with Gasteiger partial charge in [0.2, 0.25) is 6.41 Å². The number of nitrogens with one attached hydrogen (secondary N) is 4. The molecule has 1 aliphatic heterocycles. The summed E-state index contributed by atoms with van der Waals surface area (Å²) in [6, 6.07) is 10.9. The molecule has 12 heteroatoms. The van der Waals surface area contributed by atoms with Crippen LogP contribution in [0.1, 0.15) is 72.6 Å². The van der Waals surface area contributed by atoms with Crippen LogP contribution >= 0.6 is 23.2 Å². The maximum Gasteiger partial charge on any atom is 0.253 e. The molecule has 2 aromatic carbocycles. The van der Waals surface area contributed by atoms with Crippen LogP contribution < -0.4 is 16.0 Å². The van der Waals surface area contributed by atoms with Crippen molar-refractivity contribution in [3.05, 3.63) is 80.1 Å². The summed E-state index contributed by atoms with van der Waals surface area (Å²) >= 11 is 12.6. The van der Waals surface area contributed by atoms with Crippen LogP contribution in [-0.4, -0.2) is 72.0 Å². The number of amides is 2. The van der Waals surface area contributed by atoms with E-state index in [9.17, 15) is 13.8 Å². The van der Waals surface area contributed by atoms with Crippen LogP contribution in [0.25, 0.3) is 11.6 Å². The summed E-state index contributed by atoms with van der Waals surface area (Å²) in [5.41, 5.74) is 5.75. The maximum absolute atomic E-state index is 13.3. The third kappa shape index (κ3) is 11.1. The van der Waals surface area contributed by atoms with Gasteiger partial charge >= 0.3 is 0 Å². The molecule has 2 unspecified atom stereocenters. The number of carbonyl (C=O) groups is 3. The molecule has 4 N–H and O–H groups in total. The molecule has 47 heavy (non-hydrogen) atoms. The topological polar surface area (TPSA) is 123 Å². The number of carbonyl (C=O) groups excluding carboxylic acids is 3. The number of likely N-dealkylation sites (N-methyl/N-ethyl adjacent to an activating group) is 1. The van der Waals surface area contributed by atoms with E-state index < -0.39 is 10.8 Å². The first kappa shape index (κ1) is 39.9. The van der Waals surface area contributed by atoms with Crippen LogP contribution in [-0.2, 0) is 26.1 Å². The van der Waals surface area contributed by atoms with Gasteiger partial charge in [0.15, 0.2) is 0 Å². The molecule has 2 amide bonds. The predicted octanol–water partition coefficient (Wildman–Crippen LogP) is 6.63. The number of aldehydes is 1. The predicted molar refractivity (Wildman–Crippen MR) is 196 cm³/mol. The Hall–Kier alpha value is -3.28. The minimum absolute atomic E-state index is 0.109. The Morgan fingerprint density at radius 2 is 1.79 bits per heavy atom. The quantitative estimate of drug-likeness (QED) is 0.157. The SMILES string of the molecule is CC.CC=O.CNC1CCN(CCNC(=O)c2c(C)[nH]c(/C=C(\C)c3cc(S(=O)Cc4c(Cl)cccc4Cl)ccc3NC=O)c2C)C1. The number of benzene rings is 2. The summed E-state index contributed by atoms with van der Waals surface area (Å²) in [5.74, 6) is 0.0458. The van der Waals surface area contributed by atoms with E-state index in [0.717, 1.165) is 54.9 Å². The molecule has 1 saturated heterocycles. The summed E-state index contributed by atoms with van der Waals surface area (Å²) in [6.45, 7) is 14.6. The molecular formula is C35H47Cl2N5O4S. The zero-order valence-corrected chi connectivity index (χ0v) is 30.6. The van der Waals surface area contributed by atoms with E-state index >= 15 is 0 Å². The van der Waals surface area contributed by atoms with Crippen LogP contribution in [0.15, 0.2) is 41.3 Å². The largest absolute Gasteiger partial charge is 0.358 e. The first-order chi connectivity index (χ1) is 22.5. The number of halogens is 2. The lowest BCUT2D eigenvalue weighted by Gasteiger charge is -2.16. The van der Waals surface area contributed by atoms with Crippen molar-refractivity contribution >= 4 is 69.9 Å². The highest BCUT2D eigenvalue weighted by Gasteiger charge is 2.22. The van der Waals surface area contributed by atoms with E-state index in [-0.39, 0.29) is 11.7 Å². The van der Waals surface area contributed by atoms with Crippen molar-refractivity contribution in [3.8, 4) is 0 Å². The molecule has 1 aliphatic rings. The smallest absolute Gasteiger partial charge is 0.253 e. The number of hydrogen-bond donors (Lipinski definition) is 4. The maximum atomic E-state index is 13.3. The molecule has 0 spiro atoms. The molecule has 1 aromatic heterocycles. The van der Waals surface area contributed by atoms with Gasteiger partial charge in [-0.25, -0.2) is 0 Å². The number of likely N-dealkylation sites (tertiary alicyclic amines) is 1. The van der Waals surface area contributed by atoms with E-state index in [4.69, 9.17) is 28.0 Å². The van der Waals surface area contributed by atoms with Crippen molar-refractivity contribution in [3.63, 3.8) is 0 Å². The summed E-state index contributed by atoms with van der Waals surface area (Å²) < 4.78 is 13.3. The number of allylic oxidation sites excluding steroid dienone is 1. The molecule has 0 radical (unpaired) electrons. The van der Waals surface area contributed by atoms with E-state index in [1.807, 2.05) is 47.7 Å². The average Bonchev–Trinajstić information content (AvgIpc) is 3.63. The van der Waals surface area contributed by atoms with Gasteiger partial charge in [0.1, 0.15) is 6.29 Å². The average molecular weight is 705 g/mol. The molecule has 0 bridgehead atoms. The van der Waals surface area contributed by atoms with Gasteiger partial charge in [-0.2, -0.15) is 0 Å². The molecule has 1 fully saturated rings. The highest BCUT2D eigenvalue weighted by atomic mass is 35.5. The fourth-order valence-electron chi connectivity index (χ4n) is 5.31. The van der Waals surface area contributed by atoms with Gasteiger partial charge in [-0.15, -0.1) is 0 Å².